The number of anilines is 2. The molecule has 3 aromatic heterocycles. The zero-order valence-corrected chi connectivity index (χ0v) is 21.8. The van der Waals surface area contributed by atoms with Gasteiger partial charge in [0, 0.05) is 53.4 Å². The Kier molecular flexibility index (Phi) is 5.80. The van der Waals surface area contributed by atoms with Crippen LogP contribution in [0.3, 0.4) is 0 Å². The van der Waals surface area contributed by atoms with Crippen molar-refractivity contribution in [2.24, 2.45) is 4.36 Å². The average molecular weight is 518 g/mol. The lowest BCUT2D eigenvalue weighted by Crippen LogP contribution is -2.30. The van der Waals surface area contributed by atoms with E-state index in [1.165, 1.54) is 29.1 Å². The molecule has 190 valence electrons. The number of nitrogens with one attached hydrogen (secondary N) is 1. The Bertz CT molecular complexity index is 1680. The molecule has 0 bridgehead atoms. The van der Waals surface area contributed by atoms with Crippen molar-refractivity contribution in [2.45, 2.75) is 25.3 Å². The van der Waals surface area contributed by atoms with Gasteiger partial charge < -0.3 is 10.2 Å². The molecule has 0 saturated carbocycles. The van der Waals surface area contributed by atoms with Crippen molar-refractivity contribution in [1.29, 1.82) is 0 Å². The number of fused-ring (bicyclic) bond motifs is 1. The van der Waals surface area contributed by atoms with Crippen molar-refractivity contribution in [3.05, 3.63) is 71.3 Å². The van der Waals surface area contributed by atoms with Crippen LogP contribution in [0, 0.1) is 5.82 Å². The molecule has 1 N–H and O–H groups in total. The lowest BCUT2D eigenvalue weighted by molar-refractivity contribution is 0.275. The van der Waals surface area contributed by atoms with E-state index in [2.05, 4.69) is 60.9 Å². The number of pyridine rings is 1. The number of aromatic nitrogens is 4. The molecule has 8 nitrogen and oxygen atoms in total. The van der Waals surface area contributed by atoms with Crippen molar-refractivity contribution in [3.8, 4) is 5.82 Å². The van der Waals surface area contributed by atoms with E-state index in [0.717, 1.165) is 31.6 Å². The lowest BCUT2D eigenvalue weighted by atomic mass is 9.84. The summed E-state index contributed by atoms with van der Waals surface area (Å²) in [5, 5.41) is 3.62. The highest BCUT2D eigenvalue weighted by Crippen LogP contribution is 2.38. The summed E-state index contributed by atoms with van der Waals surface area (Å²) < 4.78 is 32.7. The molecule has 4 aromatic rings. The largest absolute Gasteiger partial charge is 0.324 e. The minimum absolute atomic E-state index is 0.286. The highest BCUT2D eigenvalue weighted by atomic mass is 32.2. The van der Waals surface area contributed by atoms with Gasteiger partial charge in [0.1, 0.15) is 5.82 Å². The van der Waals surface area contributed by atoms with Gasteiger partial charge in [0.15, 0.2) is 17.3 Å². The van der Waals surface area contributed by atoms with Crippen molar-refractivity contribution >= 4 is 44.3 Å². The standard InChI is InChI=1S/C27H28FN7OS/c1-34-14-18-8-5-4-7-17-11-20(12-19(15-34)25(17)18)30-27-29-13-21-22(28)16-35(26(21)32-27)24-10-6-9-23(31-24)33-37(2,3)36/h4,6-7,9-13,16,18H,5,8,14-15H2,1-3H3,(H,29,30,32). The second-order valence-corrected chi connectivity index (χ2v) is 12.6. The van der Waals surface area contributed by atoms with Crippen LogP contribution in [-0.4, -0.2) is 54.7 Å². The molecular formula is C27H28FN7OS. The lowest BCUT2D eigenvalue weighted by Gasteiger charge is -2.33. The summed E-state index contributed by atoms with van der Waals surface area (Å²) in [5.74, 6) is 1.20. The molecule has 1 aliphatic carbocycles. The van der Waals surface area contributed by atoms with E-state index in [0.29, 0.717) is 29.1 Å². The van der Waals surface area contributed by atoms with Gasteiger partial charge >= 0.3 is 0 Å². The highest BCUT2D eigenvalue weighted by molar-refractivity contribution is 7.92. The molecule has 0 amide bonds. The monoisotopic (exact) mass is 517 g/mol. The van der Waals surface area contributed by atoms with Crippen molar-refractivity contribution < 1.29 is 8.60 Å². The van der Waals surface area contributed by atoms with Crippen LogP contribution in [0.15, 0.2) is 53.2 Å². The smallest absolute Gasteiger partial charge is 0.229 e. The molecule has 2 aliphatic rings. The Labute approximate surface area is 215 Å². The van der Waals surface area contributed by atoms with E-state index in [-0.39, 0.29) is 5.39 Å². The number of benzene rings is 1. The van der Waals surface area contributed by atoms with E-state index in [1.54, 1.807) is 35.3 Å². The fourth-order valence-electron chi connectivity index (χ4n) is 5.30. The fourth-order valence-corrected chi connectivity index (χ4v) is 5.85. The minimum Gasteiger partial charge on any atom is -0.324 e. The Morgan fingerprint density at radius 3 is 2.92 bits per heavy atom. The summed E-state index contributed by atoms with van der Waals surface area (Å²) in [6.45, 7) is 1.97. The number of nitrogens with zero attached hydrogens (tertiary/aromatic N) is 6. The summed E-state index contributed by atoms with van der Waals surface area (Å²) in [6, 6.07) is 9.46. The first-order valence-corrected chi connectivity index (χ1v) is 14.5. The Balaban J connectivity index is 1.40. The molecule has 10 heteroatoms. The van der Waals surface area contributed by atoms with E-state index in [9.17, 15) is 8.60 Å². The number of halogens is 1. The first-order valence-electron chi connectivity index (χ1n) is 12.2. The van der Waals surface area contributed by atoms with Crippen molar-refractivity contribution in [2.75, 3.05) is 31.4 Å². The third-order valence-corrected chi connectivity index (χ3v) is 7.32. The maximum Gasteiger partial charge on any atom is 0.229 e. The van der Waals surface area contributed by atoms with E-state index in [4.69, 9.17) is 0 Å². The van der Waals surface area contributed by atoms with Gasteiger partial charge in [0.25, 0.3) is 0 Å². The SMILES string of the molecule is CN1Cc2cc(Nc3ncc4c(F)cn(-c5cccc(N=S(C)(C)=O)n5)c4n3)cc3c2C(CCC=C3)C1. The topological polar surface area (TPSA) is 88.3 Å². The van der Waals surface area contributed by atoms with Crippen LogP contribution in [-0.2, 0) is 16.3 Å². The molecule has 37 heavy (non-hydrogen) atoms. The van der Waals surface area contributed by atoms with Gasteiger partial charge in [-0.1, -0.05) is 18.2 Å². The molecule has 1 atom stereocenters. The molecule has 0 fully saturated rings. The van der Waals surface area contributed by atoms with Crippen LogP contribution in [0.5, 0.6) is 0 Å². The Hall–Kier alpha value is -3.63. The first kappa shape index (κ1) is 23.7. The number of likely N-dealkylation sites (N-methyl/N-ethyl adjacent to an activating group) is 1. The first-order chi connectivity index (χ1) is 17.7. The maximum absolute atomic E-state index is 14.8. The zero-order valence-electron chi connectivity index (χ0n) is 21.0. The van der Waals surface area contributed by atoms with Crippen LogP contribution < -0.4 is 5.32 Å². The molecule has 6 rings (SSSR count). The van der Waals surface area contributed by atoms with Crippen LogP contribution in [0.25, 0.3) is 22.9 Å². The third-order valence-electron chi connectivity index (χ3n) is 6.69. The Morgan fingerprint density at radius 2 is 2.08 bits per heavy atom. The second kappa shape index (κ2) is 9.04. The van der Waals surface area contributed by atoms with Crippen molar-refractivity contribution in [3.63, 3.8) is 0 Å². The number of allylic oxidation sites excluding steroid dienone is 1. The summed E-state index contributed by atoms with van der Waals surface area (Å²) >= 11 is 0. The van der Waals surface area contributed by atoms with Gasteiger partial charge in [-0.25, -0.2) is 18.6 Å². The van der Waals surface area contributed by atoms with Crippen LogP contribution >= 0.6 is 0 Å². The van der Waals surface area contributed by atoms with Crippen LogP contribution in [0.1, 0.15) is 35.4 Å². The highest BCUT2D eigenvalue weighted by Gasteiger charge is 2.27. The minimum atomic E-state index is -2.39. The average Bonchev–Trinajstić information content (AvgIpc) is 3.01. The summed E-state index contributed by atoms with van der Waals surface area (Å²) in [6.07, 6.45) is 12.6. The van der Waals surface area contributed by atoms with E-state index >= 15 is 0 Å². The third kappa shape index (κ3) is 4.74. The maximum atomic E-state index is 14.8. The molecule has 1 aromatic carbocycles. The Morgan fingerprint density at radius 1 is 1.22 bits per heavy atom. The summed E-state index contributed by atoms with van der Waals surface area (Å²) in [5.41, 5.74) is 5.27. The summed E-state index contributed by atoms with van der Waals surface area (Å²) in [4.78, 5) is 15.9. The summed E-state index contributed by atoms with van der Waals surface area (Å²) in [7, 11) is -0.223. The normalized spacial score (nSPS) is 17.5. The van der Waals surface area contributed by atoms with Gasteiger partial charge in [0.2, 0.25) is 5.95 Å². The number of rotatable bonds is 4. The van der Waals surface area contributed by atoms with E-state index in [1.807, 2.05) is 0 Å². The predicted octanol–water partition coefficient (Wildman–Crippen LogP) is 5.39. The van der Waals surface area contributed by atoms with Gasteiger partial charge in [0.05, 0.1) is 5.39 Å². The van der Waals surface area contributed by atoms with Gasteiger partial charge in [-0.15, -0.1) is 0 Å². The van der Waals surface area contributed by atoms with Gasteiger partial charge in [-0.05, 0) is 66.8 Å². The molecule has 0 spiro atoms. The second-order valence-electron chi connectivity index (χ2n) is 10.0. The molecule has 4 heterocycles. The zero-order chi connectivity index (χ0) is 25.7. The van der Waals surface area contributed by atoms with Crippen LogP contribution in [0.2, 0.25) is 0 Å². The molecule has 0 radical (unpaired) electrons. The molecular weight excluding hydrogens is 489 g/mol. The fraction of sp³-hybridized carbons (Fsp3) is 0.296. The predicted molar refractivity (Wildman–Crippen MR) is 146 cm³/mol. The number of hydrogen-bond acceptors (Lipinski definition) is 7. The van der Waals surface area contributed by atoms with E-state index < -0.39 is 15.5 Å². The number of hydrogen-bond donors (Lipinski definition) is 1. The quantitative estimate of drug-likeness (QED) is 0.390. The van der Waals surface area contributed by atoms with Crippen LogP contribution in [0.4, 0.5) is 21.8 Å². The van der Waals surface area contributed by atoms with Gasteiger partial charge in [-0.2, -0.15) is 9.35 Å². The molecule has 1 unspecified atom stereocenters. The van der Waals surface area contributed by atoms with Crippen molar-refractivity contribution in [1.82, 2.24) is 24.4 Å². The molecule has 0 saturated heterocycles. The van der Waals surface area contributed by atoms with Gasteiger partial charge in [-0.3, -0.25) is 4.57 Å². The molecule has 1 aliphatic heterocycles.